The highest BCUT2D eigenvalue weighted by Gasteiger charge is 2.24. The van der Waals surface area contributed by atoms with Gasteiger partial charge in [0.25, 0.3) is 5.56 Å². The van der Waals surface area contributed by atoms with Crippen molar-refractivity contribution < 1.29 is 9.53 Å². The number of urea groups is 1. The molecule has 0 saturated heterocycles. The van der Waals surface area contributed by atoms with Crippen LogP contribution in [-0.2, 0) is 6.54 Å². The maximum atomic E-state index is 12.2. The van der Waals surface area contributed by atoms with Gasteiger partial charge in [-0.1, -0.05) is 23.7 Å². The predicted molar refractivity (Wildman–Crippen MR) is 91.5 cm³/mol. The molecule has 2 aromatic rings. The van der Waals surface area contributed by atoms with Crippen LogP contribution in [0.25, 0.3) is 0 Å². The van der Waals surface area contributed by atoms with Gasteiger partial charge >= 0.3 is 6.03 Å². The molecule has 1 unspecified atom stereocenters. The summed E-state index contributed by atoms with van der Waals surface area (Å²) in [7, 11) is 0. The third-order valence-electron chi connectivity index (χ3n) is 3.89. The van der Waals surface area contributed by atoms with Crippen LogP contribution < -0.4 is 20.9 Å². The monoisotopic (exact) mass is 347 g/mol. The second-order valence-electron chi connectivity index (χ2n) is 5.71. The van der Waals surface area contributed by atoms with E-state index < -0.39 is 0 Å². The Morgan fingerprint density at radius 3 is 3.12 bits per heavy atom. The van der Waals surface area contributed by atoms with E-state index >= 15 is 0 Å². The van der Waals surface area contributed by atoms with Crippen molar-refractivity contribution in [3.8, 4) is 5.75 Å². The van der Waals surface area contributed by atoms with Crippen molar-refractivity contribution in [2.75, 3.05) is 6.61 Å². The summed E-state index contributed by atoms with van der Waals surface area (Å²) in [4.78, 5) is 26.5. The maximum absolute atomic E-state index is 12.2. The molecule has 126 valence electrons. The van der Waals surface area contributed by atoms with E-state index in [9.17, 15) is 9.59 Å². The molecule has 1 aliphatic heterocycles. The number of carbonyl (C=O) groups excluding carboxylic acids is 1. The van der Waals surface area contributed by atoms with E-state index in [1.807, 2.05) is 19.1 Å². The highest BCUT2D eigenvalue weighted by molar-refractivity contribution is 6.32. The molecule has 0 saturated carbocycles. The number of para-hydroxylation sites is 1. The van der Waals surface area contributed by atoms with Gasteiger partial charge in [-0.3, -0.25) is 4.79 Å². The van der Waals surface area contributed by atoms with E-state index in [1.165, 1.54) is 0 Å². The molecule has 3 rings (SSSR count). The normalized spacial score (nSPS) is 16.0. The third kappa shape index (κ3) is 3.54. The number of aryl methyl sites for hydroxylation is 1. The van der Waals surface area contributed by atoms with Crippen LogP contribution >= 0.6 is 11.6 Å². The second-order valence-corrected chi connectivity index (χ2v) is 6.11. The minimum atomic E-state index is -0.339. The smallest absolute Gasteiger partial charge is 0.315 e. The fraction of sp³-hybridized carbons (Fsp3) is 0.294. The lowest BCUT2D eigenvalue weighted by Gasteiger charge is -2.27. The molecule has 1 aromatic carbocycles. The Morgan fingerprint density at radius 2 is 2.29 bits per heavy atom. The summed E-state index contributed by atoms with van der Waals surface area (Å²) < 4.78 is 5.58. The number of halogens is 1. The average molecular weight is 348 g/mol. The molecule has 0 fully saturated rings. The van der Waals surface area contributed by atoms with Gasteiger partial charge < -0.3 is 20.4 Å². The van der Waals surface area contributed by atoms with Crippen LogP contribution in [0, 0.1) is 6.92 Å². The number of fused-ring (bicyclic) bond motifs is 1. The molecule has 6 nitrogen and oxygen atoms in total. The largest absolute Gasteiger partial charge is 0.492 e. The van der Waals surface area contributed by atoms with Crippen LogP contribution in [-0.4, -0.2) is 17.6 Å². The summed E-state index contributed by atoms with van der Waals surface area (Å²) in [5.41, 5.74) is 2.10. The summed E-state index contributed by atoms with van der Waals surface area (Å²) in [5.74, 6) is 0.617. The van der Waals surface area contributed by atoms with Gasteiger partial charge in [-0.15, -0.1) is 0 Å². The third-order valence-corrected chi connectivity index (χ3v) is 4.19. The molecule has 2 heterocycles. The highest BCUT2D eigenvalue weighted by Crippen LogP contribution is 2.37. The molecule has 7 heteroatoms. The maximum Gasteiger partial charge on any atom is 0.315 e. The zero-order valence-electron chi connectivity index (χ0n) is 13.2. The summed E-state index contributed by atoms with van der Waals surface area (Å²) in [5, 5.41) is 6.15. The number of amides is 2. The number of nitrogens with one attached hydrogen (secondary N) is 3. The molecule has 1 aromatic heterocycles. The van der Waals surface area contributed by atoms with Crippen molar-refractivity contribution in [1.29, 1.82) is 0 Å². The minimum Gasteiger partial charge on any atom is -0.492 e. The van der Waals surface area contributed by atoms with Crippen molar-refractivity contribution in [2.24, 2.45) is 0 Å². The van der Waals surface area contributed by atoms with Crippen LogP contribution in [0.3, 0.4) is 0 Å². The van der Waals surface area contributed by atoms with Gasteiger partial charge in [-0.2, -0.15) is 0 Å². The Bertz CT molecular complexity index is 819. The van der Waals surface area contributed by atoms with E-state index in [0.29, 0.717) is 29.4 Å². The Balaban J connectivity index is 1.65. The molecule has 0 spiro atoms. The van der Waals surface area contributed by atoms with E-state index in [4.69, 9.17) is 16.3 Å². The van der Waals surface area contributed by atoms with Crippen LogP contribution in [0.5, 0.6) is 5.75 Å². The van der Waals surface area contributed by atoms with E-state index in [-0.39, 0.29) is 24.2 Å². The Morgan fingerprint density at radius 1 is 1.46 bits per heavy atom. The van der Waals surface area contributed by atoms with Gasteiger partial charge in [-0.05, 0) is 24.6 Å². The van der Waals surface area contributed by atoms with Crippen LogP contribution in [0.15, 0.2) is 35.3 Å². The first kappa shape index (κ1) is 16.4. The summed E-state index contributed by atoms with van der Waals surface area (Å²) in [6.45, 7) is 2.52. The standard InChI is InChI=1S/C17H18ClN3O3/c1-10-7-11(16(22)19-8-10)9-20-17(23)21-14-5-6-24-15-12(14)3-2-4-13(15)18/h2-4,7-8,14H,5-6,9H2,1H3,(H,19,22)(H2,20,21,23). The minimum absolute atomic E-state index is 0.161. The number of aromatic amines is 1. The van der Waals surface area contributed by atoms with E-state index in [0.717, 1.165) is 11.1 Å². The molecular formula is C17H18ClN3O3. The number of rotatable bonds is 3. The van der Waals surface area contributed by atoms with Crippen molar-refractivity contribution in [3.63, 3.8) is 0 Å². The predicted octanol–water partition coefficient (Wildman–Crippen LogP) is 2.66. The van der Waals surface area contributed by atoms with Crippen molar-refractivity contribution in [2.45, 2.75) is 25.9 Å². The zero-order valence-corrected chi connectivity index (χ0v) is 13.9. The van der Waals surface area contributed by atoms with Crippen molar-refractivity contribution in [3.05, 3.63) is 62.5 Å². The Labute approximate surface area is 144 Å². The van der Waals surface area contributed by atoms with Gasteiger partial charge in [0.2, 0.25) is 0 Å². The molecule has 1 atom stereocenters. The first-order valence-electron chi connectivity index (χ1n) is 7.68. The van der Waals surface area contributed by atoms with Gasteiger partial charge in [0, 0.05) is 30.3 Å². The summed E-state index contributed by atoms with van der Waals surface area (Å²) in [6, 6.07) is 6.71. The Hall–Kier alpha value is -2.47. The van der Waals surface area contributed by atoms with E-state index in [2.05, 4.69) is 15.6 Å². The van der Waals surface area contributed by atoms with Crippen molar-refractivity contribution in [1.82, 2.24) is 15.6 Å². The zero-order chi connectivity index (χ0) is 17.1. The lowest BCUT2D eigenvalue weighted by atomic mass is 10.0. The molecule has 24 heavy (non-hydrogen) atoms. The molecule has 0 bridgehead atoms. The number of benzene rings is 1. The van der Waals surface area contributed by atoms with Crippen molar-refractivity contribution >= 4 is 17.6 Å². The van der Waals surface area contributed by atoms with E-state index in [1.54, 1.807) is 18.3 Å². The number of carbonyl (C=O) groups is 1. The average Bonchev–Trinajstić information content (AvgIpc) is 2.57. The van der Waals surface area contributed by atoms with Crippen LogP contribution in [0.1, 0.15) is 29.2 Å². The topological polar surface area (TPSA) is 83.2 Å². The Kier molecular flexibility index (Phi) is 4.76. The lowest BCUT2D eigenvalue weighted by molar-refractivity contribution is 0.223. The molecule has 0 radical (unpaired) electrons. The quantitative estimate of drug-likeness (QED) is 0.798. The number of ether oxygens (including phenoxy) is 1. The van der Waals surface area contributed by atoms with Gasteiger partial charge in [0.05, 0.1) is 17.7 Å². The van der Waals surface area contributed by atoms with Crippen LogP contribution in [0.4, 0.5) is 4.79 Å². The van der Waals surface area contributed by atoms with Gasteiger partial charge in [0.1, 0.15) is 5.75 Å². The van der Waals surface area contributed by atoms with Gasteiger partial charge in [0.15, 0.2) is 0 Å². The summed E-state index contributed by atoms with van der Waals surface area (Å²) >= 11 is 6.13. The second kappa shape index (κ2) is 6.97. The number of pyridine rings is 1. The fourth-order valence-electron chi connectivity index (χ4n) is 2.71. The highest BCUT2D eigenvalue weighted by atomic mass is 35.5. The molecular weight excluding hydrogens is 330 g/mol. The van der Waals surface area contributed by atoms with Gasteiger partial charge in [-0.25, -0.2) is 4.79 Å². The lowest BCUT2D eigenvalue weighted by Crippen LogP contribution is -2.40. The number of H-pyrrole nitrogens is 1. The molecule has 1 aliphatic rings. The number of aromatic nitrogens is 1. The SMILES string of the molecule is Cc1c[nH]c(=O)c(CNC(=O)NC2CCOc3c(Cl)cccc32)c1. The van der Waals surface area contributed by atoms with Crippen LogP contribution in [0.2, 0.25) is 5.02 Å². The summed E-state index contributed by atoms with van der Waals surface area (Å²) in [6.07, 6.45) is 2.29. The molecule has 2 amide bonds. The fourth-order valence-corrected chi connectivity index (χ4v) is 2.94. The first-order chi connectivity index (χ1) is 11.5. The molecule has 0 aliphatic carbocycles. The first-order valence-corrected chi connectivity index (χ1v) is 8.06. The number of hydrogen-bond donors (Lipinski definition) is 3. The number of hydrogen-bond acceptors (Lipinski definition) is 3. The molecule has 3 N–H and O–H groups in total.